The van der Waals surface area contributed by atoms with Crippen LogP contribution in [0.2, 0.25) is 0 Å². The Morgan fingerprint density at radius 1 is 1.12 bits per heavy atom. The molecule has 8 nitrogen and oxygen atoms in total. The third-order valence-electron chi connectivity index (χ3n) is 5.33. The van der Waals surface area contributed by atoms with Gasteiger partial charge in [0.1, 0.15) is 11.6 Å². The van der Waals surface area contributed by atoms with E-state index in [-0.39, 0.29) is 23.0 Å². The van der Waals surface area contributed by atoms with E-state index in [4.69, 9.17) is 4.74 Å². The van der Waals surface area contributed by atoms with Crippen molar-refractivity contribution in [2.24, 2.45) is 5.92 Å². The van der Waals surface area contributed by atoms with Crippen LogP contribution < -0.4 is 15.6 Å². The maximum Gasteiger partial charge on any atom is 0.300 e. The van der Waals surface area contributed by atoms with E-state index < -0.39 is 0 Å². The summed E-state index contributed by atoms with van der Waals surface area (Å²) >= 11 is 0. The number of rotatable bonds is 8. The summed E-state index contributed by atoms with van der Waals surface area (Å²) in [5.41, 5.74) is 2.58. The molecule has 0 radical (unpaired) electrons. The molecule has 0 aliphatic rings. The standard InChI is InChI=1S/C25H27N5O3/c1-4-33-21-10-8-20(9-11-21)29-12-13-30-22(27-28-24(30)25(29)32)15-18(3)16-23(31)26-19-7-5-6-17(2)14-19/h5-14,18H,4,15-16H2,1-3H3,(H,26,31)/t18-/m0/s1. The zero-order valence-corrected chi connectivity index (χ0v) is 19.0. The second-order valence-electron chi connectivity index (χ2n) is 8.14. The highest BCUT2D eigenvalue weighted by atomic mass is 16.5. The molecule has 0 bridgehead atoms. The molecule has 2 aromatic heterocycles. The van der Waals surface area contributed by atoms with Crippen molar-refractivity contribution in [1.29, 1.82) is 0 Å². The predicted octanol–water partition coefficient (Wildman–Crippen LogP) is 3.79. The summed E-state index contributed by atoms with van der Waals surface area (Å²) in [5.74, 6) is 1.37. The molecule has 2 aromatic carbocycles. The minimum atomic E-state index is -0.259. The Morgan fingerprint density at radius 3 is 2.64 bits per heavy atom. The molecule has 0 saturated heterocycles. The van der Waals surface area contributed by atoms with Crippen molar-refractivity contribution in [3.05, 3.63) is 82.7 Å². The van der Waals surface area contributed by atoms with Gasteiger partial charge in [0, 0.05) is 36.6 Å². The highest BCUT2D eigenvalue weighted by Crippen LogP contribution is 2.16. The van der Waals surface area contributed by atoms with Crippen molar-refractivity contribution < 1.29 is 9.53 Å². The quantitative estimate of drug-likeness (QED) is 0.446. The molecule has 1 atom stereocenters. The Bertz CT molecular complexity index is 1320. The molecule has 0 spiro atoms. The second kappa shape index (κ2) is 9.68. The van der Waals surface area contributed by atoms with E-state index in [1.807, 2.05) is 69.3 Å². The number of aryl methyl sites for hydroxylation is 1. The van der Waals surface area contributed by atoms with Crippen LogP contribution in [-0.2, 0) is 11.2 Å². The number of ether oxygens (including phenoxy) is 1. The number of carbonyl (C=O) groups is 1. The molecule has 0 saturated carbocycles. The SMILES string of the molecule is CCOc1ccc(-n2ccn3c(C[C@H](C)CC(=O)Nc4cccc(C)c4)nnc3c2=O)cc1. The zero-order valence-electron chi connectivity index (χ0n) is 19.0. The molecule has 0 unspecified atom stereocenters. The second-order valence-corrected chi connectivity index (χ2v) is 8.14. The Morgan fingerprint density at radius 2 is 1.91 bits per heavy atom. The summed E-state index contributed by atoms with van der Waals surface area (Å²) in [6.45, 7) is 6.48. The van der Waals surface area contributed by atoms with Gasteiger partial charge in [0.15, 0.2) is 0 Å². The van der Waals surface area contributed by atoms with Gasteiger partial charge in [-0.25, -0.2) is 0 Å². The molecule has 170 valence electrons. The van der Waals surface area contributed by atoms with E-state index in [1.165, 1.54) is 4.57 Å². The van der Waals surface area contributed by atoms with Gasteiger partial charge in [-0.3, -0.25) is 18.6 Å². The van der Waals surface area contributed by atoms with Crippen molar-refractivity contribution in [1.82, 2.24) is 19.2 Å². The average Bonchev–Trinajstić information content (AvgIpc) is 3.18. The summed E-state index contributed by atoms with van der Waals surface area (Å²) in [6.07, 6.45) is 4.34. The summed E-state index contributed by atoms with van der Waals surface area (Å²) in [4.78, 5) is 25.4. The lowest BCUT2D eigenvalue weighted by atomic mass is 10.0. The van der Waals surface area contributed by atoms with E-state index in [0.717, 1.165) is 22.7 Å². The van der Waals surface area contributed by atoms with Crippen LogP contribution in [0, 0.1) is 12.8 Å². The molecular weight excluding hydrogens is 418 g/mol. The van der Waals surface area contributed by atoms with Crippen molar-refractivity contribution in [2.45, 2.75) is 33.6 Å². The van der Waals surface area contributed by atoms with Crippen LogP contribution in [0.15, 0.2) is 65.7 Å². The molecule has 2 heterocycles. The van der Waals surface area contributed by atoms with Gasteiger partial charge in [0.05, 0.1) is 6.61 Å². The van der Waals surface area contributed by atoms with Crippen LogP contribution in [0.25, 0.3) is 11.3 Å². The Kier molecular flexibility index (Phi) is 6.53. The highest BCUT2D eigenvalue weighted by Gasteiger charge is 2.16. The summed E-state index contributed by atoms with van der Waals surface area (Å²) in [6, 6.07) is 15.0. The normalized spacial score (nSPS) is 12.0. The molecule has 1 N–H and O–H groups in total. The molecule has 8 heteroatoms. The molecule has 4 rings (SSSR count). The van der Waals surface area contributed by atoms with Crippen molar-refractivity contribution in [3.63, 3.8) is 0 Å². The summed E-state index contributed by atoms with van der Waals surface area (Å²) in [7, 11) is 0. The lowest BCUT2D eigenvalue weighted by Gasteiger charge is -2.12. The number of hydrogen-bond donors (Lipinski definition) is 1. The van der Waals surface area contributed by atoms with Crippen LogP contribution in [0.3, 0.4) is 0 Å². The first-order chi connectivity index (χ1) is 15.9. The maximum atomic E-state index is 13.0. The number of amides is 1. The first-order valence-corrected chi connectivity index (χ1v) is 11.0. The third-order valence-corrected chi connectivity index (χ3v) is 5.33. The van der Waals surface area contributed by atoms with Gasteiger partial charge in [0.2, 0.25) is 11.6 Å². The van der Waals surface area contributed by atoms with Crippen molar-refractivity contribution in [2.75, 3.05) is 11.9 Å². The van der Waals surface area contributed by atoms with Crippen molar-refractivity contribution in [3.8, 4) is 11.4 Å². The number of nitrogens with one attached hydrogen (secondary N) is 1. The van der Waals surface area contributed by atoms with E-state index in [0.29, 0.717) is 25.3 Å². The molecule has 33 heavy (non-hydrogen) atoms. The van der Waals surface area contributed by atoms with Gasteiger partial charge in [-0.1, -0.05) is 19.1 Å². The molecule has 0 aliphatic carbocycles. The fraction of sp³-hybridized carbons (Fsp3) is 0.280. The van der Waals surface area contributed by atoms with Gasteiger partial charge >= 0.3 is 5.56 Å². The number of hydrogen-bond acceptors (Lipinski definition) is 5. The summed E-state index contributed by atoms with van der Waals surface area (Å²) < 4.78 is 8.69. The zero-order chi connectivity index (χ0) is 23.4. The fourth-order valence-electron chi connectivity index (χ4n) is 3.78. The van der Waals surface area contributed by atoms with Crippen LogP contribution >= 0.6 is 0 Å². The average molecular weight is 446 g/mol. The third kappa shape index (κ3) is 5.11. The highest BCUT2D eigenvalue weighted by molar-refractivity contribution is 5.90. The monoisotopic (exact) mass is 445 g/mol. The van der Waals surface area contributed by atoms with Gasteiger partial charge in [-0.05, 0) is 61.7 Å². The summed E-state index contributed by atoms with van der Waals surface area (Å²) in [5, 5.41) is 11.3. The Balaban J connectivity index is 1.47. The molecule has 1 amide bonds. The van der Waals surface area contributed by atoms with E-state index in [2.05, 4.69) is 15.5 Å². The number of aromatic nitrogens is 4. The number of anilines is 1. The number of benzene rings is 2. The molecule has 4 aromatic rings. The van der Waals surface area contributed by atoms with Gasteiger partial charge in [-0.15, -0.1) is 10.2 Å². The smallest absolute Gasteiger partial charge is 0.300 e. The van der Waals surface area contributed by atoms with Crippen molar-refractivity contribution >= 4 is 17.2 Å². The maximum absolute atomic E-state index is 13.0. The van der Waals surface area contributed by atoms with E-state index in [1.54, 1.807) is 16.8 Å². The van der Waals surface area contributed by atoms with Gasteiger partial charge in [0.25, 0.3) is 0 Å². The fourth-order valence-corrected chi connectivity index (χ4v) is 3.78. The topological polar surface area (TPSA) is 90.5 Å². The molecule has 0 fully saturated rings. The lowest BCUT2D eigenvalue weighted by Crippen LogP contribution is -2.21. The van der Waals surface area contributed by atoms with Crippen LogP contribution in [0.4, 0.5) is 5.69 Å². The molecule has 0 aliphatic heterocycles. The first kappa shape index (κ1) is 22.3. The Hall–Kier alpha value is -3.94. The van der Waals surface area contributed by atoms with Crippen LogP contribution in [0.1, 0.15) is 31.7 Å². The number of fused-ring (bicyclic) bond motifs is 1. The lowest BCUT2D eigenvalue weighted by molar-refractivity contribution is -0.116. The minimum Gasteiger partial charge on any atom is -0.494 e. The first-order valence-electron chi connectivity index (χ1n) is 11.0. The number of nitrogens with zero attached hydrogens (tertiary/aromatic N) is 4. The minimum absolute atomic E-state index is 0.0238. The largest absolute Gasteiger partial charge is 0.494 e. The number of carbonyl (C=O) groups excluding carboxylic acids is 1. The van der Waals surface area contributed by atoms with Gasteiger partial charge in [-0.2, -0.15) is 0 Å². The van der Waals surface area contributed by atoms with Gasteiger partial charge < -0.3 is 10.1 Å². The van der Waals surface area contributed by atoms with Crippen LogP contribution in [0.5, 0.6) is 5.75 Å². The Labute approximate surface area is 191 Å². The molecular formula is C25H27N5O3. The van der Waals surface area contributed by atoms with E-state index in [9.17, 15) is 9.59 Å². The van der Waals surface area contributed by atoms with E-state index >= 15 is 0 Å². The van der Waals surface area contributed by atoms with Crippen LogP contribution in [-0.4, -0.2) is 31.7 Å². The predicted molar refractivity (Wildman–Crippen MR) is 127 cm³/mol.